The monoisotopic (exact) mass is 380 g/mol. The number of benzene rings is 2. The Labute approximate surface area is 162 Å². The van der Waals surface area contributed by atoms with Crippen molar-refractivity contribution in [3.63, 3.8) is 0 Å². The molecule has 0 fully saturated rings. The quantitative estimate of drug-likeness (QED) is 0.350. The molecule has 0 unspecified atom stereocenters. The molecule has 0 radical (unpaired) electrons. The highest BCUT2D eigenvalue weighted by molar-refractivity contribution is 5.87. The summed E-state index contributed by atoms with van der Waals surface area (Å²) in [6.07, 6.45) is 2.81. The maximum absolute atomic E-state index is 12.9. The van der Waals surface area contributed by atoms with Crippen molar-refractivity contribution in [2.45, 2.75) is 33.3 Å². The molecular formula is C23H21FO4. The fourth-order valence-corrected chi connectivity index (χ4v) is 3.07. The van der Waals surface area contributed by atoms with E-state index in [2.05, 4.69) is 13.8 Å². The molecule has 0 aliphatic heterocycles. The van der Waals surface area contributed by atoms with Gasteiger partial charge in [-0.1, -0.05) is 26.0 Å². The van der Waals surface area contributed by atoms with Crippen molar-refractivity contribution in [1.29, 1.82) is 0 Å². The first-order valence-corrected chi connectivity index (χ1v) is 9.01. The lowest BCUT2D eigenvalue weighted by atomic mass is 9.95. The zero-order valence-corrected chi connectivity index (χ0v) is 16.0. The van der Waals surface area contributed by atoms with E-state index in [9.17, 15) is 14.0 Å². The number of carbonyl (C=O) groups excluding carboxylic acids is 1. The minimum Gasteiger partial charge on any atom is -0.458 e. The van der Waals surface area contributed by atoms with Gasteiger partial charge in [0.05, 0.1) is 0 Å². The third-order valence-corrected chi connectivity index (χ3v) is 4.49. The summed E-state index contributed by atoms with van der Waals surface area (Å²) >= 11 is 0. The van der Waals surface area contributed by atoms with E-state index in [0.29, 0.717) is 22.6 Å². The van der Waals surface area contributed by atoms with E-state index in [1.807, 2.05) is 19.1 Å². The summed E-state index contributed by atoms with van der Waals surface area (Å²) < 4.78 is 23.5. The van der Waals surface area contributed by atoms with Crippen LogP contribution in [0, 0.1) is 12.7 Å². The Bertz CT molecular complexity index is 1090. The molecule has 3 aromatic rings. The number of hydrogen-bond acceptors (Lipinski definition) is 4. The second-order valence-electron chi connectivity index (χ2n) is 6.94. The first kappa shape index (κ1) is 19.5. The Hall–Kier alpha value is -3.21. The van der Waals surface area contributed by atoms with Crippen LogP contribution in [-0.4, -0.2) is 5.97 Å². The SMILES string of the molecule is Cc1cc2oc(=O)cc(COC(=O)/C=C/c3ccc(F)cc3)c2cc1C(C)C. The molecular weight excluding hydrogens is 359 g/mol. The molecule has 0 saturated heterocycles. The van der Waals surface area contributed by atoms with Crippen LogP contribution in [-0.2, 0) is 16.1 Å². The van der Waals surface area contributed by atoms with Crippen molar-refractivity contribution in [1.82, 2.24) is 0 Å². The van der Waals surface area contributed by atoms with Crippen molar-refractivity contribution in [2.24, 2.45) is 0 Å². The third-order valence-electron chi connectivity index (χ3n) is 4.49. The van der Waals surface area contributed by atoms with Gasteiger partial charge in [-0.15, -0.1) is 0 Å². The van der Waals surface area contributed by atoms with E-state index < -0.39 is 11.6 Å². The second kappa shape index (κ2) is 8.21. The normalized spacial score (nSPS) is 11.5. The number of carbonyl (C=O) groups is 1. The number of aryl methyl sites for hydroxylation is 1. The zero-order valence-electron chi connectivity index (χ0n) is 16.0. The molecule has 0 spiro atoms. The van der Waals surface area contributed by atoms with Crippen molar-refractivity contribution in [3.05, 3.63) is 87.0 Å². The van der Waals surface area contributed by atoms with Gasteiger partial charge in [0.25, 0.3) is 0 Å². The lowest BCUT2D eigenvalue weighted by molar-refractivity contribution is -0.138. The Morgan fingerprint density at radius 1 is 1.18 bits per heavy atom. The lowest BCUT2D eigenvalue weighted by Crippen LogP contribution is -2.06. The summed E-state index contributed by atoms with van der Waals surface area (Å²) in [5.74, 6) is -0.585. The summed E-state index contributed by atoms with van der Waals surface area (Å²) in [5.41, 5.74) is 3.45. The first-order valence-electron chi connectivity index (χ1n) is 9.01. The summed E-state index contributed by atoms with van der Waals surface area (Å²) in [5, 5.41) is 0.754. The van der Waals surface area contributed by atoms with Crippen LogP contribution in [0.15, 0.2) is 57.8 Å². The van der Waals surface area contributed by atoms with E-state index >= 15 is 0 Å². The summed E-state index contributed by atoms with van der Waals surface area (Å²) in [4.78, 5) is 23.9. The largest absolute Gasteiger partial charge is 0.458 e. The van der Waals surface area contributed by atoms with Gasteiger partial charge in [0.2, 0.25) is 0 Å². The molecule has 1 aromatic heterocycles. The maximum Gasteiger partial charge on any atom is 0.336 e. The average molecular weight is 380 g/mol. The van der Waals surface area contributed by atoms with Gasteiger partial charge in [-0.2, -0.15) is 0 Å². The molecule has 5 heteroatoms. The molecule has 3 rings (SSSR count). The standard InChI is InChI=1S/C23H21FO4/c1-14(2)19-12-20-17(11-23(26)28-21(20)10-15(19)3)13-27-22(25)9-6-16-4-7-18(24)8-5-16/h4-12,14H,13H2,1-3H3/b9-6+. The van der Waals surface area contributed by atoms with Crippen molar-refractivity contribution in [2.75, 3.05) is 0 Å². The molecule has 2 aromatic carbocycles. The molecule has 0 bridgehead atoms. The topological polar surface area (TPSA) is 56.5 Å². The van der Waals surface area contributed by atoms with E-state index in [1.165, 1.54) is 24.3 Å². The molecule has 0 N–H and O–H groups in total. The van der Waals surface area contributed by atoms with Gasteiger partial charge in [0, 0.05) is 23.1 Å². The maximum atomic E-state index is 12.9. The zero-order chi connectivity index (χ0) is 20.3. The minimum absolute atomic E-state index is 0.0463. The Kier molecular flexibility index (Phi) is 5.73. The van der Waals surface area contributed by atoms with Crippen LogP contribution < -0.4 is 5.63 Å². The lowest BCUT2D eigenvalue weighted by Gasteiger charge is -2.13. The van der Waals surface area contributed by atoms with Crippen LogP contribution >= 0.6 is 0 Å². The average Bonchev–Trinajstić information content (AvgIpc) is 2.64. The van der Waals surface area contributed by atoms with E-state index in [4.69, 9.17) is 9.15 Å². The molecule has 4 nitrogen and oxygen atoms in total. The van der Waals surface area contributed by atoms with Gasteiger partial charge < -0.3 is 9.15 Å². The number of halogens is 1. The third kappa shape index (κ3) is 4.55. The van der Waals surface area contributed by atoms with Crippen molar-refractivity contribution in [3.8, 4) is 0 Å². The van der Waals surface area contributed by atoms with E-state index in [0.717, 1.165) is 16.5 Å². The number of rotatable bonds is 5. The molecule has 0 aliphatic carbocycles. The second-order valence-corrected chi connectivity index (χ2v) is 6.94. The number of fused-ring (bicyclic) bond motifs is 1. The van der Waals surface area contributed by atoms with Gasteiger partial charge in [-0.05, 0) is 59.9 Å². The summed E-state index contributed by atoms with van der Waals surface area (Å²) in [6, 6.07) is 10.9. The van der Waals surface area contributed by atoms with Crippen LogP contribution in [0.5, 0.6) is 0 Å². The van der Waals surface area contributed by atoms with Gasteiger partial charge in [-0.25, -0.2) is 14.0 Å². The summed E-state index contributed by atoms with van der Waals surface area (Å²) in [6.45, 7) is 6.11. The fraction of sp³-hybridized carbons (Fsp3) is 0.217. The van der Waals surface area contributed by atoms with Gasteiger partial charge in [-0.3, -0.25) is 0 Å². The van der Waals surface area contributed by atoms with Gasteiger partial charge >= 0.3 is 11.6 Å². The number of hydrogen-bond donors (Lipinski definition) is 0. The van der Waals surface area contributed by atoms with Crippen LogP contribution in [0.4, 0.5) is 4.39 Å². The highest BCUT2D eigenvalue weighted by atomic mass is 19.1. The predicted octanol–water partition coefficient (Wildman–Crippen LogP) is 5.12. The van der Waals surface area contributed by atoms with Gasteiger partial charge in [0.15, 0.2) is 0 Å². The van der Waals surface area contributed by atoms with E-state index in [-0.39, 0.29) is 12.4 Å². The Morgan fingerprint density at radius 2 is 1.89 bits per heavy atom. The van der Waals surface area contributed by atoms with E-state index in [1.54, 1.807) is 18.2 Å². The van der Waals surface area contributed by atoms with Crippen LogP contribution in [0.25, 0.3) is 17.0 Å². The van der Waals surface area contributed by atoms with Crippen LogP contribution in [0.1, 0.15) is 42.0 Å². The van der Waals surface area contributed by atoms with Gasteiger partial charge in [0.1, 0.15) is 18.0 Å². The molecule has 1 heterocycles. The first-order chi connectivity index (χ1) is 13.3. The van der Waals surface area contributed by atoms with Crippen molar-refractivity contribution < 1.29 is 18.3 Å². The molecule has 0 saturated carbocycles. The molecule has 0 aliphatic rings. The molecule has 28 heavy (non-hydrogen) atoms. The molecule has 0 amide bonds. The molecule has 0 atom stereocenters. The smallest absolute Gasteiger partial charge is 0.336 e. The van der Waals surface area contributed by atoms with Crippen LogP contribution in [0.2, 0.25) is 0 Å². The summed E-state index contributed by atoms with van der Waals surface area (Å²) in [7, 11) is 0. The minimum atomic E-state index is -0.554. The highest BCUT2D eigenvalue weighted by Crippen LogP contribution is 2.27. The highest BCUT2D eigenvalue weighted by Gasteiger charge is 2.12. The number of ether oxygens (including phenoxy) is 1. The Morgan fingerprint density at radius 3 is 2.57 bits per heavy atom. The predicted molar refractivity (Wildman–Crippen MR) is 107 cm³/mol. The molecule has 144 valence electrons. The Balaban J connectivity index is 1.81. The number of esters is 1. The van der Waals surface area contributed by atoms with Crippen LogP contribution in [0.3, 0.4) is 0 Å². The fourth-order valence-electron chi connectivity index (χ4n) is 3.07. The van der Waals surface area contributed by atoms with Crippen molar-refractivity contribution >= 4 is 23.0 Å².